The van der Waals surface area contributed by atoms with Crippen LogP contribution < -0.4 is 0 Å². The second-order valence-corrected chi connectivity index (χ2v) is 4.12. The topological polar surface area (TPSA) is 55.8 Å². The van der Waals surface area contributed by atoms with Gasteiger partial charge in [-0.2, -0.15) is 0 Å². The second kappa shape index (κ2) is 6.08. The Morgan fingerprint density at radius 1 is 1.47 bits per heavy atom. The van der Waals surface area contributed by atoms with Crippen molar-refractivity contribution >= 4 is 5.97 Å². The van der Waals surface area contributed by atoms with E-state index >= 15 is 0 Å². The SMILES string of the molecule is CCOC(=O)CCCOCC1(CO)CC1. The molecule has 1 saturated carbocycles. The van der Waals surface area contributed by atoms with Gasteiger partial charge in [-0.3, -0.25) is 4.79 Å². The van der Waals surface area contributed by atoms with Crippen LogP contribution in [-0.2, 0) is 14.3 Å². The number of carbonyl (C=O) groups excluding carboxylic acids is 1. The molecule has 0 heterocycles. The fraction of sp³-hybridized carbons (Fsp3) is 0.909. The minimum atomic E-state index is -0.163. The van der Waals surface area contributed by atoms with Gasteiger partial charge < -0.3 is 14.6 Å². The Balaban J connectivity index is 1.91. The number of hydrogen-bond acceptors (Lipinski definition) is 4. The summed E-state index contributed by atoms with van der Waals surface area (Å²) in [5, 5.41) is 9.02. The van der Waals surface area contributed by atoms with Crippen LogP contribution in [0.25, 0.3) is 0 Å². The van der Waals surface area contributed by atoms with Crippen LogP contribution in [-0.4, -0.2) is 37.5 Å². The zero-order valence-electron chi connectivity index (χ0n) is 9.33. The Bertz CT molecular complexity index is 199. The Morgan fingerprint density at radius 3 is 2.73 bits per heavy atom. The molecule has 1 N–H and O–H groups in total. The molecule has 0 saturated heterocycles. The molecule has 0 amide bonds. The lowest BCUT2D eigenvalue weighted by Crippen LogP contribution is -2.15. The molecular formula is C11H20O4. The van der Waals surface area contributed by atoms with Gasteiger partial charge in [0, 0.05) is 18.4 Å². The van der Waals surface area contributed by atoms with Gasteiger partial charge in [0.2, 0.25) is 0 Å². The van der Waals surface area contributed by atoms with Crippen LogP contribution in [0.2, 0.25) is 0 Å². The number of rotatable bonds is 8. The highest BCUT2D eigenvalue weighted by Gasteiger charge is 2.42. The number of aliphatic hydroxyl groups is 1. The van der Waals surface area contributed by atoms with E-state index in [1.165, 1.54) is 0 Å². The highest BCUT2D eigenvalue weighted by Crippen LogP contribution is 2.45. The van der Waals surface area contributed by atoms with Gasteiger partial charge in [0.25, 0.3) is 0 Å². The van der Waals surface area contributed by atoms with Gasteiger partial charge >= 0.3 is 5.97 Å². The quantitative estimate of drug-likeness (QED) is 0.488. The van der Waals surface area contributed by atoms with E-state index in [2.05, 4.69) is 0 Å². The molecule has 88 valence electrons. The number of esters is 1. The number of ether oxygens (including phenoxy) is 2. The second-order valence-electron chi connectivity index (χ2n) is 4.12. The van der Waals surface area contributed by atoms with E-state index in [-0.39, 0.29) is 18.0 Å². The van der Waals surface area contributed by atoms with Gasteiger partial charge in [0.15, 0.2) is 0 Å². The predicted molar refractivity (Wildman–Crippen MR) is 55.4 cm³/mol. The number of hydrogen-bond donors (Lipinski definition) is 1. The summed E-state index contributed by atoms with van der Waals surface area (Å²) >= 11 is 0. The van der Waals surface area contributed by atoms with Crippen molar-refractivity contribution in [2.75, 3.05) is 26.4 Å². The highest BCUT2D eigenvalue weighted by molar-refractivity contribution is 5.69. The number of aliphatic hydroxyl groups excluding tert-OH is 1. The highest BCUT2D eigenvalue weighted by atomic mass is 16.5. The van der Waals surface area contributed by atoms with Crippen LogP contribution in [0, 0.1) is 5.41 Å². The summed E-state index contributed by atoms with van der Waals surface area (Å²) in [7, 11) is 0. The lowest BCUT2D eigenvalue weighted by Gasteiger charge is -2.11. The van der Waals surface area contributed by atoms with E-state index in [4.69, 9.17) is 14.6 Å². The van der Waals surface area contributed by atoms with Gasteiger partial charge in [-0.25, -0.2) is 0 Å². The van der Waals surface area contributed by atoms with Gasteiger partial charge in [-0.1, -0.05) is 0 Å². The molecule has 0 atom stereocenters. The molecule has 4 heteroatoms. The molecule has 0 spiro atoms. The molecule has 0 bridgehead atoms. The molecule has 1 fully saturated rings. The smallest absolute Gasteiger partial charge is 0.305 e. The molecule has 1 aliphatic carbocycles. The number of carbonyl (C=O) groups is 1. The summed E-state index contributed by atoms with van der Waals surface area (Å²) in [6.45, 7) is 3.64. The van der Waals surface area contributed by atoms with Gasteiger partial charge in [0.05, 0.1) is 19.8 Å². The fourth-order valence-corrected chi connectivity index (χ4v) is 1.37. The molecule has 0 aliphatic heterocycles. The third-order valence-electron chi connectivity index (χ3n) is 2.68. The Hall–Kier alpha value is -0.610. The molecule has 0 aromatic carbocycles. The average Bonchev–Trinajstić information content (AvgIpc) is 2.99. The van der Waals surface area contributed by atoms with Crippen LogP contribution in [0.15, 0.2) is 0 Å². The monoisotopic (exact) mass is 216 g/mol. The molecule has 1 aliphatic rings. The maximum Gasteiger partial charge on any atom is 0.305 e. The van der Waals surface area contributed by atoms with Crippen LogP contribution in [0.4, 0.5) is 0 Å². The summed E-state index contributed by atoms with van der Waals surface area (Å²) in [4.78, 5) is 11.0. The molecule has 4 nitrogen and oxygen atoms in total. The molecule has 0 aromatic rings. The fourth-order valence-electron chi connectivity index (χ4n) is 1.37. The lowest BCUT2D eigenvalue weighted by molar-refractivity contribution is -0.143. The summed E-state index contributed by atoms with van der Waals surface area (Å²) in [5.41, 5.74) is 0.0456. The normalized spacial score (nSPS) is 17.5. The maximum atomic E-state index is 11.0. The summed E-state index contributed by atoms with van der Waals surface area (Å²) in [6.07, 6.45) is 3.23. The Kier molecular flexibility index (Phi) is 5.05. The minimum absolute atomic E-state index is 0.0456. The third-order valence-corrected chi connectivity index (χ3v) is 2.68. The zero-order valence-corrected chi connectivity index (χ0v) is 9.33. The van der Waals surface area contributed by atoms with Crippen molar-refractivity contribution < 1.29 is 19.4 Å². The molecule has 0 unspecified atom stereocenters. The van der Waals surface area contributed by atoms with Crippen LogP contribution >= 0.6 is 0 Å². The first-order valence-electron chi connectivity index (χ1n) is 5.57. The average molecular weight is 216 g/mol. The largest absolute Gasteiger partial charge is 0.466 e. The molecule has 15 heavy (non-hydrogen) atoms. The van der Waals surface area contributed by atoms with Crippen molar-refractivity contribution in [3.8, 4) is 0 Å². The first-order valence-corrected chi connectivity index (χ1v) is 5.57. The third kappa shape index (κ3) is 4.62. The van der Waals surface area contributed by atoms with Crippen LogP contribution in [0.1, 0.15) is 32.6 Å². The molecule has 0 aromatic heterocycles. The zero-order chi connectivity index (χ0) is 11.1. The van der Waals surface area contributed by atoms with E-state index in [0.717, 1.165) is 12.8 Å². The molecular weight excluding hydrogens is 196 g/mol. The first-order chi connectivity index (χ1) is 7.22. The first kappa shape index (κ1) is 12.5. The molecule has 0 radical (unpaired) electrons. The van der Waals surface area contributed by atoms with E-state index in [1.807, 2.05) is 0 Å². The van der Waals surface area contributed by atoms with E-state index in [9.17, 15) is 4.79 Å². The van der Waals surface area contributed by atoms with Gasteiger partial charge in [-0.05, 0) is 26.2 Å². The minimum Gasteiger partial charge on any atom is -0.466 e. The van der Waals surface area contributed by atoms with Crippen molar-refractivity contribution in [3.05, 3.63) is 0 Å². The Labute approximate surface area is 90.6 Å². The van der Waals surface area contributed by atoms with Gasteiger partial charge in [-0.15, -0.1) is 0 Å². The van der Waals surface area contributed by atoms with Crippen molar-refractivity contribution in [1.29, 1.82) is 0 Å². The van der Waals surface area contributed by atoms with Crippen molar-refractivity contribution in [2.24, 2.45) is 5.41 Å². The van der Waals surface area contributed by atoms with E-state index < -0.39 is 0 Å². The summed E-state index contributed by atoms with van der Waals surface area (Å²) < 4.78 is 10.2. The predicted octanol–water partition coefficient (Wildman–Crippen LogP) is 1.12. The summed E-state index contributed by atoms with van der Waals surface area (Å²) in [5.74, 6) is -0.163. The van der Waals surface area contributed by atoms with Crippen molar-refractivity contribution in [2.45, 2.75) is 32.6 Å². The van der Waals surface area contributed by atoms with Crippen molar-refractivity contribution in [3.63, 3.8) is 0 Å². The molecule has 1 rings (SSSR count). The maximum absolute atomic E-state index is 11.0. The lowest BCUT2D eigenvalue weighted by atomic mass is 10.1. The van der Waals surface area contributed by atoms with Gasteiger partial charge in [0.1, 0.15) is 0 Å². The van der Waals surface area contributed by atoms with E-state index in [0.29, 0.717) is 32.7 Å². The standard InChI is InChI=1S/C11H20O4/c1-2-15-10(13)4-3-7-14-9-11(8-12)5-6-11/h12H,2-9H2,1H3. The Morgan fingerprint density at radius 2 is 2.20 bits per heavy atom. The van der Waals surface area contributed by atoms with Crippen molar-refractivity contribution in [1.82, 2.24) is 0 Å². The van der Waals surface area contributed by atoms with E-state index in [1.54, 1.807) is 6.92 Å². The summed E-state index contributed by atoms with van der Waals surface area (Å²) in [6, 6.07) is 0. The van der Waals surface area contributed by atoms with Crippen LogP contribution in [0.3, 0.4) is 0 Å². The van der Waals surface area contributed by atoms with Crippen LogP contribution in [0.5, 0.6) is 0 Å².